The van der Waals surface area contributed by atoms with E-state index in [1.54, 1.807) is 17.4 Å². The SMILES string of the molecule is C[C@H]([NH2+]CC(=O)Nc1cccnc1Cl)c1cc(F)c(Cl)cc1Cl. The molecular weight excluding hydrogens is 364 g/mol. The van der Waals surface area contributed by atoms with E-state index in [4.69, 9.17) is 34.8 Å². The van der Waals surface area contributed by atoms with Crippen LogP contribution in [-0.4, -0.2) is 17.4 Å². The first-order valence-corrected chi connectivity index (χ1v) is 7.90. The van der Waals surface area contributed by atoms with Gasteiger partial charge in [-0.3, -0.25) is 4.79 Å². The number of nitrogens with zero attached hydrogens (tertiary/aromatic N) is 1. The third-order valence-corrected chi connectivity index (χ3v) is 4.14. The molecule has 2 aromatic rings. The van der Waals surface area contributed by atoms with Crippen LogP contribution in [0.3, 0.4) is 0 Å². The zero-order valence-electron chi connectivity index (χ0n) is 12.1. The van der Waals surface area contributed by atoms with E-state index in [1.807, 2.05) is 6.92 Å². The van der Waals surface area contributed by atoms with Crippen LogP contribution in [0.15, 0.2) is 30.5 Å². The van der Waals surface area contributed by atoms with E-state index in [9.17, 15) is 9.18 Å². The molecule has 1 heterocycles. The predicted molar refractivity (Wildman–Crippen MR) is 89.5 cm³/mol. The van der Waals surface area contributed by atoms with Gasteiger partial charge in [0.1, 0.15) is 11.9 Å². The van der Waals surface area contributed by atoms with Gasteiger partial charge < -0.3 is 10.6 Å². The normalized spacial score (nSPS) is 12.0. The molecule has 0 saturated heterocycles. The molecule has 0 saturated carbocycles. The fraction of sp³-hybridized carbons (Fsp3) is 0.200. The van der Waals surface area contributed by atoms with Crippen molar-refractivity contribution < 1.29 is 14.5 Å². The molecular formula is C15H14Cl3FN3O+. The summed E-state index contributed by atoms with van der Waals surface area (Å²) in [6.45, 7) is 1.94. The lowest BCUT2D eigenvalue weighted by molar-refractivity contribution is -0.682. The van der Waals surface area contributed by atoms with Crippen molar-refractivity contribution in [2.45, 2.75) is 13.0 Å². The van der Waals surface area contributed by atoms with Crippen molar-refractivity contribution in [1.82, 2.24) is 4.98 Å². The molecule has 0 radical (unpaired) electrons. The number of hydrogen-bond acceptors (Lipinski definition) is 2. The Morgan fingerprint density at radius 2 is 2.09 bits per heavy atom. The minimum Gasteiger partial charge on any atom is -0.332 e. The van der Waals surface area contributed by atoms with Crippen molar-refractivity contribution in [1.29, 1.82) is 0 Å². The number of aromatic nitrogens is 1. The van der Waals surface area contributed by atoms with Crippen LogP contribution >= 0.6 is 34.8 Å². The lowest BCUT2D eigenvalue weighted by atomic mass is 10.1. The molecule has 2 rings (SSSR count). The van der Waals surface area contributed by atoms with Crippen LogP contribution < -0.4 is 10.6 Å². The van der Waals surface area contributed by atoms with E-state index in [1.165, 1.54) is 18.3 Å². The number of quaternary nitrogens is 1. The predicted octanol–water partition coefficient (Wildman–Crippen LogP) is 3.44. The Bertz CT molecular complexity index is 727. The van der Waals surface area contributed by atoms with Gasteiger partial charge in [0, 0.05) is 11.8 Å². The molecule has 3 N–H and O–H groups in total. The third kappa shape index (κ3) is 4.78. The average molecular weight is 378 g/mol. The second kappa shape index (κ2) is 7.93. The standard InChI is InChI=1S/C15H13Cl3FN3O/c1-8(9-5-12(19)11(17)6-10(9)16)21-7-14(23)22-13-3-2-4-20-15(13)18/h2-6,8,21H,7H2,1H3,(H,22,23)/p+1/t8-/m0/s1. The van der Waals surface area contributed by atoms with Crippen LogP contribution in [0.5, 0.6) is 0 Å². The van der Waals surface area contributed by atoms with Gasteiger partial charge in [-0.1, -0.05) is 34.8 Å². The molecule has 0 spiro atoms. The first-order valence-electron chi connectivity index (χ1n) is 6.76. The number of rotatable bonds is 5. The molecule has 8 heteroatoms. The largest absolute Gasteiger partial charge is 0.332 e. The van der Waals surface area contributed by atoms with E-state index in [0.717, 1.165) is 0 Å². The van der Waals surface area contributed by atoms with Crippen LogP contribution in [0.4, 0.5) is 10.1 Å². The van der Waals surface area contributed by atoms with Crippen LogP contribution in [-0.2, 0) is 4.79 Å². The Morgan fingerprint density at radius 3 is 2.78 bits per heavy atom. The number of nitrogens with two attached hydrogens (primary N) is 1. The third-order valence-electron chi connectivity index (χ3n) is 3.22. The van der Waals surface area contributed by atoms with Gasteiger partial charge in [0.2, 0.25) is 0 Å². The number of pyridine rings is 1. The van der Waals surface area contributed by atoms with E-state index in [2.05, 4.69) is 10.3 Å². The summed E-state index contributed by atoms with van der Waals surface area (Å²) in [5.41, 5.74) is 1.01. The molecule has 0 fully saturated rings. The van der Waals surface area contributed by atoms with E-state index in [0.29, 0.717) is 16.3 Å². The van der Waals surface area contributed by atoms with Gasteiger partial charge in [0.15, 0.2) is 11.7 Å². The van der Waals surface area contributed by atoms with Crippen molar-refractivity contribution in [3.63, 3.8) is 0 Å². The number of benzene rings is 1. The summed E-state index contributed by atoms with van der Waals surface area (Å²) in [6.07, 6.45) is 1.53. The molecule has 0 aliphatic heterocycles. The zero-order chi connectivity index (χ0) is 17.0. The topological polar surface area (TPSA) is 58.6 Å². The molecule has 1 aromatic heterocycles. The van der Waals surface area contributed by atoms with Crippen molar-refractivity contribution in [2.24, 2.45) is 0 Å². The molecule has 122 valence electrons. The zero-order valence-corrected chi connectivity index (χ0v) is 14.4. The van der Waals surface area contributed by atoms with Crippen molar-refractivity contribution in [3.8, 4) is 0 Å². The second-order valence-electron chi connectivity index (χ2n) is 4.91. The molecule has 0 aliphatic carbocycles. The summed E-state index contributed by atoms with van der Waals surface area (Å²) >= 11 is 17.6. The first-order chi connectivity index (χ1) is 10.9. The van der Waals surface area contributed by atoms with Gasteiger partial charge in [0.05, 0.1) is 15.7 Å². The average Bonchev–Trinajstić information content (AvgIpc) is 2.51. The van der Waals surface area contributed by atoms with Gasteiger partial charge in [0.25, 0.3) is 5.91 Å². The summed E-state index contributed by atoms with van der Waals surface area (Å²) in [4.78, 5) is 15.8. The number of anilines is 1. The molecule has 23 heavy (non-hydrogen) atoms. The number of amides is 1. The number of nitrogens with one attached hydrogen (secondary N) is 1. The van der Waals surface area contributed by atoms with E-state index >= 15 is 0 Å². The lowest BCUT2D eigenvalue weighted by Gasteiger charge is -2.13. The highest BCUT2D eigenvalue weighted by Crippen LogP contribution is 2.27. The van der Waals surface area contributed by atoms with Gasteiger partial charge in [-0.15, -0.1) is 0 Å². The van der Waals surface area contributed by atoms with Crippen molar-refractivity contribution in [3.05, 3.63) is 57.0 Å². The summed E-state index contributed by atoms with van der Waals surface area (Å²) in [5.74, 6) is -0.796. The second-order valence-corrected chi connectivity index (χ2v) is 6.08. The summed E-state index contributed by atoms with van der Waals surface area (Å²) in [6, 6.07) is 5.74. The molecule has 1 atom stereocenters. The number of hydrogen-bond donors (Lipinski definition) is 2. The molecule has 1 amide bonds. The van der Waals surface area contributed by atoms with E-state index in [-0.39, 0.29) is 28.7 Å². The maximum atomic E-state index is 13.5. The van der Waals surface area contributed by atoms with E-state index < -0.39 is 5.82 Å². The minimum absolute atomic E-state index is 0.0325. The Kier molecular flexibility index (Phi) is 6.18. The molecule has 4 nitrogen and oxygen atoms in total. The van der Waals surface area contributed by atoms with Gasteiger partial charge in [-0.05, 0) is 31.2 Å². The van der Waals surface area contributed by atoms with Crippen LogP contribution in [0, 0.1) is 5.82 Å². The highest BCUT2D eigenvalue weighted by molar-refractivity contribution is 6.35. The van der Waals surface area contributed by atoms with Crippen molar-refractivity contribution >= 4 is 46.4 Å². The maximum absolute atomic E-state index is 13.5. The Morgan fingerprint density at radius 1 is 1.35 bits per heavy atom. The van der Waals surface area contributed by atoms with Crippen molar-refractivity contribution in [2.75, 3.05) is 11.9 Å². The molecule has 0 bridgehead atoms. The van der Waals surface area contributed by atoms with Crippen LogP contribution in [0.25, 0.3) is 0 Å². The Hall–Kier alpha value is -1.40. The number of carbonyl (C=O) groups excluding carboxylic acids is 1. The highest BCUT2D eigenvalue weighted by Gasteiger charge is 2.17. The highest BCUT2D eigenvalue weighted by atomic mass is 35.5. The molecule has 0 unspecified atom stereocenters. The van der Waals surface area contributed by atoms with Gasteiger partial charge in [-0.2, -0.15) is 0 Å². The van der Waals surface area contributed by atoms with Gasteiger partial charge >= 0.3 is 0 Å². The summed E-state index contributed by atoms with van der Waals surface area (Å²) in [7, 11) is 0. The Labute approximate surface area is 148 Å². The first kappa shape index (κ1) is 17.9. The quantitative estimate of drug-likeness (QED) is 0.619. The number of halogens is 4. The smallest absolute Gasteiger partial charge is 0.279 e. The molecule has 0 aliphatic rings. The van der Waals surface area contributed by atoms with Crippen LogP contribution in [0.2, 0.25) is 15.2 Å². The fourth-order valence-corrected chi connectivity index (χ4v) is 2.70. The van der Waals surface area contributed by atoms with Gasteiger partial charge in [-0.25, -0.2) is 9.37 Å². The maximum Gasteiger partial charge on any atom is 0.279 e. The summed E-state index contributed by atoms with van der Waals surface area (Å²) in [5, 5.41) is 4.93. The monoisotopic (exact) mass is 376 g/mol. The Balaban J connectivity index is 1.96. The molecule has 1 aromatic carbocycles. The fourth-order valence-electron chi connectivity index (χ4n) is 1.98. The van der Waals surface area contributed by atoms with Crippen LogP contribution in [0.1, 0.15) is 18.5 Å². The lowest BCUT2D eigenvalue weighted by Crippen LogP contribution is -2.86. The minimum atomic E-state index is -0.544. The summed E-state index contributed by atoms with van der Waals surface area (Å²) < 4.78 is 13.5. The number of carbonyl (C=O) groups is 1.